The lowest BCUT2D eigenvalue weighted by molar-refractivity contribution is -0.115. The van der Waals surface area contributed by atoms with Crippen LogP contribution in [-0.4, -0.2) is 36.2 Å². The predicted octanol–water partition coefficient (Wildman–Crippen LogP) is 5.25. The number of aliphatic imine (C=N–C) groups is 1. The summed E-state index contributed by atoms with van der Waals surface area (Å²) in [6.45, 7) is 7.03. The molecule has 1 aliphatic rings. The van der Waals surface area contributed by atoms with Gasteiger partial charge in [0, 0.05) is 12.6 Å². The van der Waals surface area contributed by atoms with E-state index >= 15 is 0 Å². The van der Waals surface area contributed by atoms with Crippen LogP contribution in [0.5, 0.6) is 0 Å². The molecule has 3 heteroatoms. The number of carbonyl (C=O) groups is 1. The molecule has 3 rings (SSSR count). The molecule has 0 aromatic heterocycles. The number of nitrogens with zero attached hydrogens (tertiary/aromatic N) is 2. The maximum Gasteiger partial charge on any atom is 0.242 e. The Bertz CT molecular complexity index is 737. The predicted molar refractivity (Wildman–Crippen MR) is 117 cm³/mol. The molecule has 1 saturated heterocycles. The largest absolute Gasteiger partial charge is 0.303 e. The Morgan fingerprint density at radius 3 is 1.93 bits per heavy atom. The first-order valence-electron chi connectivity index (χ1n) is 10.6. The van der Waals surface area contributed by atoms with E-state index in [2.05, 4.69) is 77.5 Å². The molecule has 0 spiro atoms. The second-order valence-corrected chi connectivity index (χ2v) is 7.72. The molecule has 0 radical (unpaired) electrons. The lowest BCUT2D eigenvalue weighted by Crippen LogP contribution is -2.42. The van der Waals surface area contributed by atoms with Crippen LogP contribution in [-0.2, 0) is 10.2 Å². The molecule has 0 aliphatic carbocycles. The van der Waals surface area contributed by atoms with Gasteiger partial charge < -0.3 is 4.90 Å². The fourth-order valence-corrected chi connectivity index (χ4v) is 4.55. The highest BCUT2D eigenvalue weighted by Crippen LogP contribution is 2.39. The first-order chi connectivity index (χ1) is 13.7. The molecule has 0 N–H and O–H groups in total. The van der Waals surface area contributed by atoms with Crippen molar-refractivity contribution in [1.82, 2.24) is 4.90 Å². The van der Waals surface area contributed by atoms with E-state index in [0.717, 1.165) is 25.1 Å². The van der Waals surface area contributed by atoms with Gasteiger partial charge in [-0.25, -0.2) is 4.99 Å². The van der Waals surface area contributed by atoms with Crippen LogP contribution in [0.3, 0.4) is 0 Å². The van der Waals surface area contributed by atoms with Crippen molar-refractivity contribution in [2.45, 2.75) is 51.4 Å². The van der Waals surface area contributed by atoms with E-state index in [-0.39, 0.29) is 11.3 Å². The summed E-state index contributed by atoms with van der Waals surface area (Å²) < 4.78 is 0. The van der Waals surface area contributed by atoms with Gasteiger partial charge in [0.25, 0.3) is 0 Å². The van der Waals surface area contributed by atoms with E-state index in [1.54, 1.807) is 6.92 Å². The summed E-state index contributed by atoms with van der Waals surface area (Å²) in [6.07, 6.45) is 5.59. The quantitative estimate of drug-likeness (QED) is 0.619. The van der Waals surface area contributed by atoms with Crippen molar-refractivity contribution >= 4 is 11.6 Å². The smallest absolute Gasteiger partial charge is 0.242 e. The standard InChI is InChI=1S/C25H32N2O/c1-3-24(26-21(2)28)25(22-13-7-4-8-14-22,23-15-9-5-10-16-23)17-20-27-18-11-6-12-19-27/h4-5,7-10,13-16H,3,6,11-12,17-20H2,1-2H3. The monoisotopic (exact) mass is 376 g/mol. The maximum atomic E-state index is 12.0. The number of rotatable bonds is 7. The number of benzene rings is 2. The van der Waals surface area contributed by atoms with E-state index in [0.29, 0.717) is 0 Å². The number of piperidine rings is 1. The van der Waals surface area contributed by atoms with E-state index in [9.17, 15) is 4.79 Å². The highest BCUT2D eigenvalue weighted by atomic mass is 16.1. The summed E-state index contributed by atoms with van der Waals surface area (Å²) in [5.74, 6) is -0.119. The summed E-state index contributed by atoms with van der Waals surface area (Å²) in [6, 6.07) is 21.2. The van der Waals surface area contributed by atoms with Crippen LogP contribution in [0, 0.1) is 0 Å². The molecule has 1 amide bonds. The summed E-state index contributed by atoms with van der Waals surface area (Å²) in [7, 11) is 0. The Labute approximate surface area is 169 Å². The van der Waals surface area contributed by atoms with Crippen LogP contribution in [0.2, 0.25) is 0 Å². The minimum Gasteiger partial charge on any atom is -0.303 e. The number of hydrogen-bond donors (Lipinski definition) is 0. The van der Waals surface area contributed by atoms with Crippen LogP contribution in [0.4, 0.5) is 0 Å². The van der Waals surface area contributed by atoms with Crippen LogP contribution in [0.1, 0.15) is 57.1 Å². The average molecular weight is 377 g/mol. The first-order valence-corrected chi connectivity index (χ1v) is 10.6. The van der Waals surface area contributed by atoms with Gasteiger partial charge in [-0.05, 0) is 56.4 Å². The van der Waals surface area contributed by atoms with Gasteiger partial charge in [-0.2, -0.15) is 0 Å². The number of likely N-dealkylation sites (tertiary alicyclic amines) is 1. The van der Waals surface area contributed by atoms with E-state index in [1.165, 1.54) is 43.5 Å². The lowest BCUT2D eigenvalue weighted by Gasteiger charge is -2.39. The Morgan fingerprint density at radius 2 is 1.46 bits per heavy atom. The van der Waals surface area contributed by atoms with Crippen molar-refractivity contribution in [2.75, 3.05) is 19.6 Å². The molecular formula is C25H32N2O. The average Bonchev–Trinajstić information content (AvgIpc) is 2.75. The summed E-state index contributed by atoms with van der Waals surface area (Å²) >= 11 is 0. The fourth-order valence-electron chi connectivity index (χ4n) is 4.55. The second kappa shape index (κ2) is 9.79. The summed E-state index contributed by atoms with van der Waals surface area (Å²) in [5, 5.41) is 0. The minimum absolute atomic E-state index is 0.119. The third kappa shape index (κ3) is 4.59. The normalized spacial score (nSPS) is 16.1. The van der Waals surface area contributed by atoms with Crippen LogP contribution < -0.4 is 0 Å². The first kappa shape index (κ1) is 20.5. The molecule has 0 saturated carbocycles. The molecule has 2 aromatic carbocycles. The van der Waals surface area contributed by atoms with Crippen molar-refractivity contribution < 1.29 is 4.79 Å². The maximum absolute atomic E-state index is 12.0. The van der Waals surface area contributed by atoms with Crippen molar-refractivity contribution in [1.29, 1.82) is 0 Å². The molecular weight excluding hydrogens is 344 g/mol. The van der Waals surface area contributed by atoms with Crippen LogP contribution >= 0.6 is 0 Å². The van der Waals surface area contributed by atoms with Crippen LogP contribution in [0.15, 0.2) is 65.7 Å². The highest BCUT2D eigenvalue weighted by Gasteiger charge is 2.39. The van der Waals surface area contributed by atoms with Gasteiger partial charge in [0.05, 0.1) is 5.41 Å². The zero-order valence-electron chi connectivity index (χ0n) is 17.2. The second-order valence-electron chi connectivity index (χ2n) is 7.72. The Morgan fingerprint density at radius 1 is 0.929 bits per heavy atom. The topological polar surface area (TPSA) is 32.7 Å². The number of carbonyl (C=O) groups excluding carboxylic acids is 1. The third-order valence-electron chi connectivity index (χ3n) is 5.90. The third-order valence-corrected chi connectivity index (χ3v) is 5.90. The fraction of sp³-hybridized carbons (Fsp3) is 0.440. The molecule has 148 valence electrons. The van der Waals surface area contributed by atoms with Gasteiger partial charge in [0.2, 0.25) is 5.91 Å². The van der Waals surface area contributed by atoms with E-state index in [1.807, 2.05) is 0 Å². The van der Waals surface area contributed by atoms with Gasteiger partial charge in [0.1, 0.15) is 0 Å². The molecule has 1 heterocycles. The van der Waals surface area contributed by atoms with Crippen molar-refractivity contribution in [3.05, 3.63) is 71.8 Å². The Kier molecular flexibility index (Phi) is 7.16. The molecule has 0 bridgehead atoms. The van der Waals surface area contributed by atoms with Crippen LogP contribution in [0.25, 0.3) is 0 Å². The van der Waals surface area contributed by atoms with Crippen molar-refractivity contribution in [3.63, 3.8) is 0 Å². The molecule has 28 heavy (non-hydrogen) atoms. The minimum atomic E-state index is -0.375. The van der Waals surface area contributed by atoms with E-state index in [4.69, 9.17) is 0 Å². The van der Waals surface area contributed by atoms with Gasteiger partial charge in [0.15, 0.2) is 0 Å². The van der Waals surface area contributed by atoms with Gasteiger partial charge in [-0.15, -0.1) is 0 Å². The zero-order chi connectivity index (χ0) is 19.8. The zero-order valence-corrected chi connectivity index (χ0v) is 17.2. The van der Waals surface area contributed by atoms with Crippen molar-refractivity contribution in [2.24, 2.45) is 4.99 Å². The molecule has 0 atom stereocenters. The Hall–Kier alpha value is -2.26. The van der Waals surface area contributed by atoms with Crippen molar-refractivity contribution in [3.8, 4) is 0 Å². The molecule has 2 aromatic rings. The van der Waals surface area contributed by atoms with Gasteiger partial charge >= 0.3 is 0 Å². The summed E-state index contributed by atoms with van der Waals surface area (Å²) in [5.41, 5.74) is 3.04. The van der Waals surface area contributed by atoms with Gasteiger partial charge in [-0.3, -0.25) is 4.79 Å². The highest BCUT2D eigenvalue weighted by molar-refractivity contribution is 6.03. The number of amides is 1. The Balaban J connectivity index is 2.12. The molecule has 3 nitrogen and oxygen atoms in total. The molecule has 1 fully saturated rings. The SMILES string of the molecule is CCC(=NC(C)=O)C(CCN1CCCCC1)(c1ccccc1)c1ccccc1. The molecule has 1 aliphatic heterocycles. The summed E-state index contributed by atoms with van der Waals surface area (Å²) in [4.78, 5) is 19.1. The lowest BCUT2D eigenvalue weighted by atomic mass is 9.67. The molecule has 0 unspecified atom stereocenters. The number of hydrogen-bond acceptors (Lipinski definition) is 2. The van der Waals surface area contributed by atoms with Gasteiger partial charge in [-0.1, -0.05) is 74.0 Å². The van der Waals surface area contributed by atoms with E-state index < -0.39 is 0 Å².